The lowest BCUT2D eigenvalue weighted by atomic mass is 10.2. The number of carbonyl (C=O) groups is 2. The van der Waals surface area contributed by atoms with Crippen molar-refractivity contribution >= 4 is 39.1 Å². The van der Waals surface area contributed by atoms with Crippen molar-refractivity contribution in [3.63, 3.8) is 0 Å². The smallest absolute Gasteiger partial charge is 0.237 e. The van der Waals surface area contributed by atoms with Gasteiger partial charge in [0.05, 0.1) is 21.6 Å². The molecule has 0 aromatic heterocycles. The van der Waals surface area contributed by atoms with Gasteiger partial charge in [-0.25, -0.2) is 8.42 Å². The molecule has 0 bridgehead atoms. The molecule has 0 radical (unpaired) electrons. The zero-order valence-electron chi connectivity index (χ0n) is 15.6. The van der Waals surface area contributed by atoms with Crippen molar-refractivity contribution in [2.45, 2.75) is 35.4 Å². The lowest BCUT2D eigenvalue weighted by molar-refractivity contribution is -0.124. The molecule has 1 aliphatic heterocycles. The van der Waals surface area contributed by atoms with E-state index in [9.17, 15) is 18.0 Å². The minimum atomic E-state index is -3.67. The number of sulfone groups is 1. The molecular weight excluding hydrogens is 396 g/mol. The molecule has 6 nitrogen and oxygen atoms in total. The van der Waals surface area contributed by atoms with Crippen LogP contribution in [0.1, 0.15) is 19.4 Å². The summed E-state index contributed by atoms with van der Waals surface area (Å²) in [5.74, 6) is -1.47. The van der Waals surface area contributed by atoms with Crippen molar-refractivity contribution in [1.29, 1.82) is 0 Å². The Balaban J connectivity index is 1.67. The lowest BCUT2D eigenvalue weighted by Crippen LogP contribution is -2.32. The molecule has 0 fully saturated rings. The zero-order valence-corrected chi connectivity index (χ0v) is 17.3. The van der Waals surface area contributed by atoms with E-state index in [-0.39, 0.29) is 27.7 Å². The first-order valence-electron chi connectivity index (χ1n) is 8.92. The SMILES string of the molecule is C[C@@H](CS(=O)(=O)c1ccc2c(c1)NC(=O)[C@@H](C)S2)C(=O)NCc1ccccc1. The average molecular weight is 419 g/mol. The number of rotatable bonds is 6. The maximum Gasteiger partial charge on any atom is 0.237 e. The second kappa shape index (κ2) is 8.36. The number of amides is 2. The van der Waals surface area contributed by atoms with Gasteiger partial charge in [-0.15, -0.1) is 11.8 Å². The Morgan fingerprint density at radius 2 is 1.93 bits per heavy atom. The van der Waals surface area contributed by atoms with E-state index in [1.54, 1.807) is 19.9 Å². The fraction of sp³-hybridized carbons (Fsp3) is 0.300. The fourth-order valence-corrected chi connectivity index (χ4v) is 5.35. The van der Waals surface area contributed by atoms with Gasteiger partial charge in [0, 0.05) is 17.4 Å². The predicted molar refractivity (Wildman–Crippen MR) is 110 cm³/mol. The maximum absolute atomic E-state index is 12.8. The van der Waals surface area contributed by atoms with Crippen LogP contribution in [0.5, 0.6) is 0 Å². The summed E-state index contributed by atoms with van der Waals surface area (Å²) in [7, 11) is -3.67. The topological polar surface area (TPSA) is 92.3 Å². The van der Waals surface area contributed by atoms with Crippen LogP contribution in [0, 0.1) is 5.92 Å². The minimum absolute atomic E-state index is 0.101. The van der Waals surface area contributed by atoms with Gasteiger partial charge in [-0.3, -0.25) is 9.59 Å². The van der Waals surface area contributed by atoms with Gasteiger partial charge in [-0.2, -0.15) is 0 Å². The third kappa shape index (κ3) is 4.74. The van der Waals surface area contributed by atoms with Crippen LogP contribution >= 0.6 is 11.8 Å². The van der Waals surface area contributed by atoms with Gasteiger partial charge in [0.1, 0.15) is 0 Å². The van der Waals surface area contributed by atoms with Crippen LogP contribution in [-0.4, -0.2) is 31.2 Å². The molecule has 0 unspecified atom stereocenters. The highest BCUT2D eigenvalue weighted by atomic mass is 32.2. The molecule has 0 aliphatic carbocycles. The number of benzene rings is 2. The van der Waals surface area contributed by atoms with Crippen LogP contribution in [0.2, 0.25) is 0 Å². The molecule has 2 atom stereocenters. The van der Waals surface area contributed by atoms with Gasteiger partial charge in [-0.05, 0) is 30.7 Å². The highest BCUT2D eigenvalue weighted by Crippen LogP contribution is 2.37. The molecule has 148 valence electrons. The van der Waals surface area contributed by atoms with Gasteiger partial charge in [0.25, 0.3) is 0 Å². The summed E-state index contributed by atoms with van der Waals surface area (Å²) in [6, 6.07) is 14.1. The Hall–Kier alpha value is -2.32. The highest BCUT2D eigenvalue weighted by Gasteiger charge is 2.27. The molecule has 2 amide bonds. The first kappa shape index (κ1) is 20.4. The van der Waals surface area contributed by atoms with Crippen molar-refractivity contribution in [1.82, 2.24) is 5.32 Å². The second-order valence-corrected chi connectivity index (χ2v) is 10.2. The summed E-state index contributed by atoms with van der Waals surface area (Å²) < 4.78 is 25.5. The van der Waals surface area contributed by atoms with E-state index in [2.05, 4.69) is 10.6 Å². The number of thioether (sulfide) groups is 1. The third-order valence-electron chi connectivity index (χ3n) is 4.47. The predicted octanol–water partition coefficient (Wildman–Crippen LogP) is 2.85. The van der Waals surface area contributed by atoms with Gasteiger partial charge >= 0.3 is 0 Å². The van der Waals surface area contributed by atoms with Crippen LogP contribution in [0.3, 0.4) is 0 Å². The van der Waals surface area contributed by atoms with Crippen molar-refractivity contribution in [3.05, 3.63) is 54.1 Å². The van der Waals surface area contributed by atoms with Gasteiger partial charge in [0.2, 0.25) is 11.8 Å². The number of hydrogen-bond donors (Lipinski definition) is 2. The molecule has 28 heavy (non-hydrogen) atoms. The molecule has 3 rings (SSSR count). The summed E-state index contributed by atoms with van der Waals surface area (Å²) in [5, 5.41) is 5.28. The Kier molecular flexibility index (Phi) is 6.10. The zero-order chi connectivity index (χ0) is 20.3. The largest absolute Gasteiger partial charge is 0.352 e. The van der Waals surface area contributed by atoms with Crippen LogP contribution in [0.25, 0.3) is 0 Å². The highest BCUT2D eigenvalue weighted by molar-refractivity contribution is 8.01. The Morgan fingerprint density at radius 3 is 2.64 bits per heavy atom. The van der Waals surface area contributed by atoms with Crippen molar-refractivity contribution in [2.75, 3.05) is 11.1 Å². The summed E-state index contributed by atoms with van der Waals surface area (Å²) in [5.41, 5.74) is 1.44. The second-order valence-electron chi connectivity index (χ2n) is 6.79. The average Bonchev–Trinajstić information content (AvgIpc) is 2.67. The summed E-state index contributed by atoms with van der Waals surface area (Å²) >= 11 is 1.39. The molecule has 2 N–H and O–H groups in total. The van der Waals surface area contributed by atoms with E-state index in [1.165, 1.54) is 23.9 Å². The number of fused-ring (bicyclic) bond motifs is 1. The number of hydrogen-bond acceptors (Lipinski definition) is 5. The summed E-state index contributed by atoms with van der Waals surface area (Å²) in [6.45, 7) is 3.74. The third-order valence-corrected chi connectivity index (χ3v) is 7.56. The molecule has 2 aromatic carbocycles. The molecule has 8 heteroatoms. The standard InChI is InChI=1S/C20H22N2O4S2/c1-13(19(23)21-11-15-6-4-3-5-7-15)12-28(25,26)16-8-9-18-17(10-16)22-20(24)14(2)27-18/h3-10,13-14H,11-12H2,1-2H3,(H,21,23)(H,22,24)/t13-,14+/m0/s1. The molecule has 1 aliphatic rings. The first-order chi connectivity index (χ1) is 13.3. The van der Waals surface area contributed by atoms with E-state index in [4.69, 9.17) is 0 Å². The Bertz CT molecular complexity index is 991. The number of anilines is 1. The van der Waals surface area contributed by atoms with E-state index in [0.717, 1.165) is 10.5 Å². The quantitative estimate of drug-likeness (QED) is 0.753. The van der Waals surface area contributed by atoms with Crippen LogP contribution < -0.4 is 10.6 Å². The summed E-state index contributed by atoms with van der Waals surface area (Å²) in [4.78, 5) is 25.1. The monoisotopic (exact) mass is 418 g/mol. The van der Waals surface area contributed by atoms with E-state index < -0.39 is 15.8 Å². The van der Waals surface area contributed by atoms with Crippen LogP contribution in [0.15, 0.2) is 58.3 Å². The van der Waals surface area contributed by atoms with Crippen molar-refractivity contribution in [2.24, 2.45) is 5.92 Å². The fourth-order valence-electron chi connectivity index (χ4n) is 2.84. The summed E-state index contributed by atoms with van der Waals surface area (Å²) in [6.07, 6.45) is 0. The van der Waals surface area contributed by atoms with E-state index >= 15 is 0 Å². The number of carbonyl (C=O) groups excluding carboxylic acids is 2. The molecule has 0 saturated heterocycles. The van der Waals surface area contributed by atoms with Gasteiger partial charge in [-0.1, -0.05) is 37.3 Å². The van der Waals surface area contributed by atoms with Crippen LogP contribution in [0.4, 0.5) is 5.69 Å². The molecule has 0 spiro atoms. The van der Waals surface area contributed by atoms with Crippen molar-refractivity contribution < 1.29 is 18.0 Å². The lowest BCUT2D eigenvalue weighted by Gasteiger charge is -2.22. The molecular formula is C20H22N2O4S2. The normalized spacial score (nSPS) is 17.4. The van der Waals surface area contributed by atoms with E-state index in [1.807, 2.05) is 30.3 Å². The van der Waals surface area contributed by atoms with E-state index in [0.29, 0.717) is 12.2 Å². The van der Waals surface area contributed by atoms with Gasteiger partial charge in [0.15, 0.2) is 9.84 Å². The minimum Gasteiger partial charge on any atom is -0.352 e. The number of nitrogens with one attached hydrogen (secondary N) is 2. The van der Waals surface area contributed by atoms with Crippen molar-refractivity contribution in [3.8, 4) is 0 Å². The Labute approximate surface area is 169 Å². The molecule has 1 heterocycles. The van der Waals surface area contributed by atoms with Gasteiger partial charge < -0.3 is 10.6 Å². The maximum atomic E-state index is 12.8. The van der Waals surface area contributed by atoms with Crippen LogP contribution in [-0.2, 0) is 26.0 Å². The molecule has 0 saturated carbocycles. The Morgan fingerprint density at radius 1 is 1.21 bits per heavy atom. The first-order valence-corrected chi connectivity index (χ1v) is 11.5. The molecule has 2 aromatic rings.